The molecule has 0 bridgehead atoms. The molecule has 1 N–H and O–H groups in total. The molecule has 0 aliphatic carbocycles. The van der Waals surface area contributed by atoms with E-state index in [1.54, 1.807) is 0 Å². The zero-order chi connectivity index (χ0) is 16.4. The minimum Gasteiger partial charge on any atom is -0.358 e. The number of pyridine rings is 1. The summed E-state index contributed by atoms with van der Waals surface area (Å²) in [6.07, 6.45) is 8.47. The van der Waals surface area contributed by atoms with Gasteiger partial charge in [0.05, 0.1) is 0 Å². The fourth-order valence-corrected chi connectivity index (χ4v) is 3.82. The molecule has 0 amide bonds. The van der Waals surface area contributed by atoms with Gasteiger partial charge in [-0.3, -0.25) is 9.88 Å². The van der Waals surface area contributed by atoms with Crippen molar-refractivity contribution in [1.82, 2.24) is 14.9 Å². The lowest BCUT2D eigenvalue weighted by Crippen LogP contribution is -2.31. The van der Waals surface area contributed by atoms with Crippen molar-refractivity contribution < 1.29 is 0 Å². The Morgan fingerprint density at radius 3 is 2.80 bits per heavy atom. The predicted molar refractivity (Wildman–Crippen MR) is 107 cm³/mol. The van der Waals surface area contributed by atoms with Gasteiger partial charge < -0.3 is 4.98 Å². The molecule has 0 saturated carbocycles. The van der Waals surface area contributed by atoms with Gasteiger partial charge >= 0.3 is 0 Å². The highest BCUT2D eigenvalue weighted by molar-refractivity contribution is 6.31. The first-order valence-electron chi connectivity index (χ1n) is 8.70. The maximum Gasteiger partial charge on any atom is 0.0460 e. The van der Waals surface area contributed by atoms with E-state index in [-0.39, 0.29) is 12.4 Å². The number of halogens is 2. The summed E-state index contributed by atoms with van der Waals surface area (Å²) < 4.78 is 0. The first kappa shape index (κ1) is 18.2. The second kappa shape index (κ2) is 8.22. The largest absolute Gasteiger partial charge is 0.358 e. The Morgan fingerprint density at radius 2 is 1.96 bits per heavy atom. The molecule has 132 valence electrons. The summed E-state index contributed by atoms with van der Waals surface area (Å²) in [7, 11) is 0. The van der Waals surface area contributed by atoms with Crippen molar-refractivity contribution in [3.8, 4) is 0 Å². The van der Waals surface area contributed by atoms with Crippen LogP contribution in [0.5, 0.6) is 0 Å². The van der Waals surface area contributed by atoms with Crippen molar-refractivity contribution in [2.45, 2.75) is 32.2 Å². The summed E-state index contributed by atoms with van der Waals surface area (Å²) in [5, 5.41) is 2.11. The monoisotopic (exact) mass is 375 g/mol. The van der Waals surface area contributed by atoms with Gasteiger partial charge in [-0.05, 0) is 67.3 Å². The van der Waals surface area contributed by atoms with Gasteiger partial charge in [0.2, 0.25) is 0 Å². The van der Waals surface area contributed by atoms with Crippen LogP contribution in [0.4, 0.5) is 0 Å². The quantitative estimate of drug-likeness (QED) is 0.634. The molecule has 0 spiro atoms. The number of aromatic nitrogens is 2. The van der Waals surface area contributed by atoms with Crippen LogP contribution in [0.15, 0.2) is 42.7 Å². The Balaban J connectivity index is 0.00000182. The number of hydrogen-bond donors (Lipinski definition) is 1. The van der Waals surface area contributed by atoms with E-state index in [4.69, 9.17) is 11.6 Å². The summed E-state index contributed by atoms with van der Waals surface area (Å²) in [5.74, 6) is 0. The molecular formula is C20H23Cl2N3. The number of aromatic amines is 1. The molecule has 2 aromatic heterocycles. The molecule has 3 aromatic rings. The minimum atomic E-state index is 0. The van der Waals surface area contributed by atoms with Gasteiger partial charge in [0.15, 0.2) is 0 Å². The number of fused-ring (bicyclic) bond motifs is 3. The van der Waals surface area contributed by atoms with Crippen LogP contribution in [0, 0.1) is 0 Å². The Hall–Kier alpha value is -1.55. The third-order valence-corrected chi connectivity index (χ3v) is 5.19. The van der Waals surface area contributed by atoms with Gasteiger partial charge in [0, 0.05) is 53.5 Å². The average Bonchev–Trinajstić information content (AvgIpc) is 2.97. The van der Waals surface area contributed by atoms with E-state index in [0.29, 0.717) is 0 Å². The lowest BCUT2D eigenvalue weighted by Gasteiger charge is -2.27. The van der Waals surface area contributed by atoms with Crippen LogP contribution in [0.3, 0.4) is 0 Å². The fourth-order valence-electron chi connectivity index (χ4n) is 3.65. The molecular weight excluding hydrogens is 353 g/mol. The fraction of sp³-hybridized carbons (Fsp3) is 0.350. The van der Waals surface area contributed by atoms with Gasteiger partial charge in [-0.2, -0.15) is 0 Å². The topological polar surface area (TPSA) is 31.9 Å². The summed E-state index contributed by atoms with van der Waals surface area (Å²) in [6, 6.07) is 10.4. The van der Waals surface area contributed by atoms with Gasteiger partial charge in [-0.15, -0.1) is 12.4 Å². The maximum atomic E-state index is 6.18. The number of unbranched alkanes of at least 4 members (excludes halogenated alkanes) is 1. The Labute approximate surface area is 159 Å². The molecule has 0 radical (unpaired) electrons. The van der Waals surface area contributed by atoms with Crippen molar-refractivity contribution in [2.24, 2.45) is 0 Å². The second-order valence-electron chi connectivity index (χ2n) is 6.61. The average molecular weight is 376 g/mol. The van der Waals surface area contributed by atoms with Crippen molar-refractivity contribution in [1.29, 1.82) is 0 Å². The minimum absolute atomic E-state index is 0. The van der Waals surface area contributed by atoms with Crippen LogP contribution in [0.2, 0.25) is 5.02 Å². The molecule has 0 atom stereocenters. The molecule has 0 saturated heterocycles. The first-order valence-corrected chi connectivity index (χ1v) is 9.07. The van der Waals surface area contributed by atoms with Crippen LogP contribution in [0.25, 0.3) is 10.9 Å². The second-order valence-corrected chi connectivity index (χ2v) is 7.05. The van der Waals surface area contributed by atoms with Crippen LogP contribution in [0.1, 0.15) is 29.7 Å². The molecule has 0 unspecified atom stereocenters. The van der Waals surface area contributed by atoms with E-state index in [9.17, 15) is 0 Å². The van der Waals surface area contributed by atoms with Crippen LogP contribution < -0.4 is 0 Å². The van der Waals surface area contributed by atoms with Crippen molar-refractivity contribution in [3.05, 3.63) is 64.6 Å². The highest BCUT2D eigenvalue weighted by Gasteiger charge is 2.20. The molecule has 1 aromatic carbocycles. The molecule has 25 heavy (non-hydrogen) atoms. The van der Waals surface area contributed by atoms with Gasteiger partial charge in [-0.25, -0.2) is 0 Å². The molecule has 1 aliphatic heterocycles. The number of aryl methyl sites for hydroxylation is 1. The highest BCUT2D eigenvalue weighted by atomic mass is 35.5. The number of nitrogens with one attached hydrogen (secondary N) is 1. The van der Waals surface area contributed by atoms with E-state index in [1.165, 1.54) is 40.6 Å². The molecule has 1 aliphatic rings. The predicted octanol–water partition coefficient (Wildman–Crippen LogP) is 5.02. The summed E-state index contributed by atoms with van der Waals surface area (Å²) in [5.41, 5.74) is 5.43. The van der Waals surface area contributed by atoms with E-state index in [1.807, 2.05) is 18.5 Å². The van der Waals surface area contributed by atoms with E-state index >= 15 is 0 Å². The standard InChI is InChI=1S/C20H22ClN3.ClH/c21-16-4-5-19-17(13-16)18-14-24(12-8-20(18)23-19)11-2-1-3-15-6-9-22-10-7-15;/h4-7,9-10,13,23H,1-3,8,11-12,14H2;1H. The number of benzene rings is 1. The molecule has 0 fully saturated rings. The zero-order valence-corrected chi connectivity index (χ0v) is 15.7. The Morgan fingerprint density at radius 1 is 1.12 bits per heavy atom. The number of H-pyrrole nitrogens is 1. The van der Waals surface area contributed by atoms with E-state index in [2.05, 4.69) is 39.1 Å². The molecule has 5 heteroatoms. The molecule has 4 rings (SSSR count). The number of nitrogens with zero attached hydrogens (tertiary/aromatic N) is 2. The SMILES string of the molecule is Cl.Clc1ccc2[nH]c3c(c2c1)CN(CCCCc1ccncc1)CC3. The normalized spacial score (nSPS) is 14.3. The van der Waals surface area contributed by atoms with Gasteiger partial charge in [-0.1, -0.05) is 11.6 Å². The Kier molecular flexibility index (Phi) is 6.00. The molecule has 3 heterocycles. The van der Waals surface area contributed by atoms with E-state index in [0.717, 1.165) is 37.5 Å². The van der Waals surface area contributed by atoms with Crippen molar-refractivity contribution in [3.63, 3.8) is 0 Å². The summed E-state index contributed by atoms with van der Waals surface area (Å²) >= 11 is 6.18. The zero-order valence-electron chi connectivity index (χ0n) is 14.2. The third kappa shape index (κ3) is 4.17. The molecule has 3 nitrogen and oxygen atoms in total. The van der Waals surface area contributed by atoms with E-state index < -0.39 is 0 Å². The van der Waals surface area contributed by atoms with Crippen molar-refractivity contribution in [2.75, 3.05) is 13.1 Å². The number of hydrogen-bond acceptors (Lipinski definition) is 2. The Bertz CT molecular complexity index is 830. The number of rotatable bonds is 5. The summed E-state index contributed by atoms with van der Waals surface area (Å²) in [4.78, 5) is 10.2. The van der Waals surface area contributed by atoms with Crippen LogP contribution in [-0.2, 0) is 19.4 Å². The lowest BCUT2D eigenvalue weighted by molar-refractivity contribution is 0.249. The van der Waals surface area contributed by atoms with Crippen LogP contribution in [-0.4, -0.2) is 28.0 Å². The first-order chi connectivity index (χ1) is 11.8. The third-order valence-electron chi connectivity index (χ3n) is 4.96. The smallest absolute Gasteiger partial charge is 0.0460 e. The van der Waals surface area contributed by atoms with Gasteiger partial charge in [0.25, 0.3) is 0 Å². The maximum absolute atomic E-state index is 6.18. The van der Waals surface area contributed by atoms with Crippen molar-refractivity contribution >= 4 is 34.9 Å². The lowest BCUT2D eigenvalue weighted by atomic mass is 10.0. The van der Waals surface area contributed by atoms with Crippen LogP contribution >= 0.6 is 24.0 Å². The highest BCUT2D eigenvalue weighted by Crippen LogP contribution is 2.29. The van der Waals surface area contributed by atoms with Gasteiger partial charge in [0.1, 0.15) is 0 Å². The summed E-state index contributed by atoms with van der Waals surface area (Å²) in [6.45, 7) is 3.34.